The van der Waals surface area contributed by atoms with E-state index in [1.807, 2.05) is 42.5 Å². The van der Waals surface area contributed by atoms with Gasteiger partial charge in [0.25, 0.3) is 0 Å². The Morgan fingerprint density at radius 2 is 1.31 bits per heavy atom. The maximum absolute atomic E-state index is 6.57. The molecule has 178 valence electrons. The lowest BCUT2D eigenvalue weighted by Gasteiger charge is -2.34. The SMILES string of the molecule is CCC[C@H]1Cc2cc(OCc3ccccc3)ccc2OC1c1ccc(OCc2ccccc2)cc1. The Morgan fingerprint density at radius 3 is 1.94 bits per heavy atom. The number of hydrogen-bond donors (Lipinski definition) is 0. The predicted molar refractivity (Wildman–Crippen MR) is 140 cm³/mol. The van der Waals surface area contributed by atoms with Crippen molar-refractivity contribution in [2.24, 2.45) is 5.92 Å². The van der Waals surface area contributed by atoms with Crippen molar-refractivity contribution in [3.05, 3.63) is 125 Å². The molecule has 0 fully saturated rings. The van der Waals surface area contributed by atoms with Gasteiger partial charge in [0.05, 0.1) is 0 Å². The standard InChI is InChI=1S/C32H32O3/c1-2-9-27-20-28-21-30(34-23-25-12-7-4-8-13-25)18-19-31(28)35-32(27)26-14-16-29(17-15-26)33-22-24-10-5-3-6-11-24/h3-8,10-19,21,27,32H,2,9,20,22-23H2,1H3/t27-,32?/m0/s1. The van der Waals surface area contributed by atoms with Crippen LogP contribution in [0, 0.1) is 5.92 Å². The first-order chi connectivity index (χ1) is 17.3. The van der Waals surface area contributed by atoms with Gasteiger partial charge in [0, 0.05) is 5.92 Å². The summed E-state index contributed by atoms with van der Waals surface area (Å²) in [6.07, 6.45) is 3.28. The highest BCUT2D eigenvalue weighted by Gasteiger charge is 2.31. The molecule has 0 bridgehead atoms. The second-order valence-electron chi connectivity index (χ2n) is 9.18. The quantitative estimate of drug-likeness (QED) is 0.252. The molecule has 0 radical (unpaired) electrons. The lowest BCUT2D eigenvalue weighted by atomic mass is 9.84. The first-order valence-electron chi connectivity index (χ1n) is 12.5. The Hall–Kier alpha value is -3.72. The van der Waals surface area contributed by atoms with Gasteiger partial charge in [-0.2, -0.15) is 0 Å². The molecule has 4 aromatic carbocycles. The summed E-state index contributed by atoms with van der Waals surface area (Å²) in [4.78, 5) is 0. The molecule has 0 saturated carbocycles. The Kier molecular flexibility index (Phi) is 7.33. The van der Waals surface area contributed by atoms with Gasteiger partial charge >= 0.3 is 0 Å². The van der Waals surface area contributed by atoms with Crippen LogP contribution in [0.15, 0.2) is 103 Å². The molecule has 5 rings (SSSR count). The second kappa shape index (κ2) is 11.1. The molecule has 4 aromatic rings. The van der Waals surface area contributed by atoms with Gasteiger partial charge in [0.2, 0.25) is 0 Å². The maximum Gasteiger partial charge on any atom is 0.127 e. The summed E-state index contributed by atoms with van der Waals surface area (Å²) in [5, 5.41) is 0. The van der Waals surface area contributed by atoms with Crippen LogP contribution in [0.4, 0.5) is 0 Å². The number of benzene rings is 4. The molecule has 1 aliphatic heterocycles. The maximum atomic E-state index is 6.57. The third-order valence-corrected chi connectivity index (χ3v) is 6.56. The van der Waals surface area contributed by atoms with Gasteiger partial charge in [-0.15, -0.1) is 0 Å². The molecular weight excluding hydrogens is 432 g/mol. The van der Waals surface area contributed by atoms with E-state index in [9.17, 15) is 0 Å². The predicted octanol–water partition coefficient (Wildman–Crippen LogP) is 7.94. The molecule has 0 amide bonds. The fraction of sp³-hybridized carbons (Fsp3) is 0.250. The van der Waals surface area contributed by atoms with E-state index in [2.05, 4.69) is 67.6 Å². The smallest absolute Gasteiger partial charge is 0.127 e. The van der Waals surface area contributed by atoms with Crippen LogP contribution < -0.4 is 14.2 Å². The fourth-order valence-corrected chi connectivity index (χ4v) is 4.74. The molecule has 3 nitrogen and oxygen atoms in total. The van der Waals surface area contributed by atoms with E-state index >= 15 is 0 Å². The molecule has 3 heteroatoms. The molecule has 0 N–H and O–H groups in total. The van der Waals surface area contributed by atoms with Crippen molar-refractivity contribution in [2.75, 3.05) is 0 Å². The third kappa shape index (κ3) is 5.86. The summed E-state index contributed by atoms with van der Waals surface area (Å²) in [5.74, 6) is 3.15. The van der Waals surface area contributed by atoms with Crippen LogP contribution in [-0.4, -0.2) is 0 Å². The average molecular weight is 465 g/mol. The normalized spacial score (nSPS) is 16.7. The van der Waals surface area contributed by atoms with Crippen LogP contribution in [0.2, 0.25) is 0 Å². The van der Waals surface area contributed by atoms with E-state index in [4.69, 9.17) is 14.2 Å². The summed E-state index contributed by atoms with van der Waals surface area (Å²) in [6.45, 7) is 3.38. The molecule has 35 heavy (non-hydrogen) atoms. The Bertz CT molecular complexity index is 1200. The summed E-state index contributed by atoms with van der Waals surface area (Å²) in [7, 11) is 0. The van der Waals surface area contributed by atoms with Crippen LogP contribution >= 0.6 is 0 Å². The lowest BCUT2D eigenvalue weighted by Crippen LogP contribution is -2.26. The highest BCUT2D eigenvalue weighted by atomic mass is 16.5. The number of rotatable bonds is 9. The van der Waals surface area contributed by atoms with Crippen LogP contribution in [-0.2, 0) is 19.6 Å². The van der Waals surface area contributed by atoms with Crippen LogP contribution in [0.1, 0.15) is 48.1 Å². The average Bonchev–Trinajstić information content (AvgIpc) is 2.92. The highest BCUT2D eigenvalue weighted by molar-refractivity contribution is 5.43. The van der Waals surface area contributed by atoms with Crippen molar-refractivity contribution in [2.45, 2.75) is 45.5 Å². The molecule has 2 atom stereocenters. The van der Waals surface area contributed by atoms with E-state index in [0.717, 1.165) is 36.5 Å². The van der Waals surface area contributed by atoms with Crippen molar-refractivity contribution >= 4 is 0 Å². The summed E-state index contributed by atoms with van der Waals surface area (Å²) in [6, 6.07) is 35.1. The summed E-state index contributed by atoms with van der Waals surface area (Å²) >= 11 is 0. The minimum absolute atomic E-state index is 0.0433. The zero-order valence-electron chi connectivity index (χ0n) is 20.2. The molecule has 1 aliphatic rings. The topological polar surface area (TPSA) is 27.7 Å². The van der Waals surface area contributed by atoms with E-state index in [0.29, 0.717) is 19.1 Å². The first kappa shape index (κ1) is 23.0. The van der Waals surface area contributed by atoms with Crippen molar-refractivity contribution in [3.63, 3.8) is 0 Å². The second-order valence-corrected chi connectivity index (χ2v) is 9.18. The Balaban J connectivity index is 1.27. The lowest BCUT2D eigenvalue weighted by molar-refractivity contribution is 0.107. The monoisotopic (exact) mass is 464 g/mol. The van der Waals surface area contributed by atoms with E-state index < -0.39 is 0 Å². The highest BCUT2D eigenvalue weighted by Crippen LogP contribution is 2.42. The van der Waals surface area contributed by atoms with Gasteiger partial charge < -0.3 is 14.2 Å². The molecule has 1 unspecified atom stereocenters. The molecule has 0 saturated heterocycles. The van der Waals surface area contributed by atoms with Gasteiger partial charge in [-0.1, -0.05) is 86.1 Å². The van der Waals surface area contributed by atoms with E-state index in [1.54, 1.807) is 0 Å². The Morgan fingerprint density at radius 1 is 0.714 bits per heavy atom. The number of hydrogen-bond acceptors (Lipinski definition) is 3. The zero-order valence-corrected chi connectivity index (χ0v) is 20.2. The van der Waals surface area contributed by atoms with Crippen molar-refractivity contribution in [3.8, 4) is 17.2 Å². The minimum Gasteiger partial charge on any atom is -0.489 e. The van der Waals surface area contributed by atoms with Crippen LogP contribution in [0.25, 0.3) is 0 Å². The van der Waals surface area contributed by atoms with Gasteiger partial charge in [-0.05, 0) is 65.4 Å². The Labute approximate surface area is 208 Å². The summed E-state index contributed by atoms with van der Waals surface area (Å²) in [5.41, 5.74) is 4.76. The van der Waals surface area contributed by atoms with E-state index in [-0.39, 0.29) is 6.10 Å². The van der Waals surface area contributed by atoms with Gasteiger partial charge in [-0.3, -0.25) is 0 Å². The van der Waals surface area contributed by atoms with Crippen molar-refractivity contribution in [1.82, 2.24) is 0 Å². The minimum atomic E-state index is 0.0433. The van der Waals surface area contributed by atoms with E-state index in [1.165, 1.54) is 22.3 Å². The van der Waals surface area contributed by atoms with Gasteiger partial charge in [0.15, 0.2) is 0 Å². The number of fused-ring (bicyclic) bond motifs is 1. The van der Waals surface area contributed by atoms with Crippen LogP contribution in [0.3, 0.4) is 0 Å². The van der Waals surface area contributed by atoms with Gasteiger partial charge in [-0.25, -0.2) is 0 Å². The fourth-order valence-electron chi connectivity index (χ4n) is 4.74. The van der Waals surface area contributed by atoms with Crippen molar-refractivity contribution < 1.29 is 14.2 Å². The van der Waals surface area contributed by atoms with Crippen molar-refractivity contribution in [1.29, 1.82) is 0 Å². The molecule has 1 heterocycles. The molecular formula is C32H32O3. The molecule has 0 spiro atoms. The largest absolute Gasteiger partial charge is 0.489 e. The molecule has 0 aromatic heterocycles. The van der Waals surface area contributed by atoms with Crippen LogP contribution in [0.5, 0.6) is 17.2 Å². The summed E-state index contributed by atoms with van der Waals surface area (Å²) < 4.78 is 18.6. The number of ether oxygens (including phenoxy) is 3. The molecule has 0 aliphatic carbocycles. The first-order valence-corrected chi connectivity index (χ1v) is 12.5. The van der Waals surface area contributed by atoms with Gasteiger partial charge in [0.1, 0.15) is 36.6 Å². The third-order valence-electron chi connectivity index (χ3n) is 6.56. The zero-order chi connectivity index (χ0) is 23.9.